The molecule has 3 nitrogen and oxygen atoms in total. The van der Waals surface area contributed by atoms with E-state index in [9.17, 15) is 8.78 Å². The summed E-state index contributed by atoms with van der Waals surface area (Å²) in [6.07, 6.45) is 0. The van der Waals surface area contributed by atoms with E-state index in [0.717, 1.165) is 11.6 Å². The Hall–Kier alpha value is -1.27. The van der Waals surface area contributed by atoms with E-state index < -0.39 is 11.6 Å². The number of aromatic nitrogens is 1. The van der Waals surface area contributed by atoms with Gasteiger partial charge in [0.15, 0.2) is 5.82 Å². The SMILES string of the molecule is Cc1nc2c(F)cc(F)c(Br)c2c(NN)c1C(C)C. The predicted molar refractivity (Wildman–Crippen MR) is 76.0 cm³/mol. The molecule has 0 amide bonds. The van der Waals surface area contributed by atoms with Gasteiger partial charge in [-0.1, -0.05) is 13.8 Å². The fourth-order valence-corrected chi connectivity index (χ4v) is 2.82. The molecule has 0 spiro atoms. The number of fused-ring (bicyclic) bond motifs is 1. The van der Waals surface area contributed by atoms with Gasteiger partial charge in [-0.3, -0.25) is 5.84 Å². The van der Waals surface area contributed by atoms with E-state index in [1.165, 1.54) is 0 Å². The predicted octanol–water partition coefficient (Wildman–Crippen LogP) is 3.99. The molecular weight excluding hydrogens is 316 g/mol. The molecule has 6 heteroatoms. The standard InChI is InChI=1S/C13H14BrF2N3/c1-5(2)9-6(3)18-12-8(16)4-7(15)11(14)10(12)13(9)19-17/h4-5H,17H2,1-3H3,(H,18,19). The van der Waals surface area contributed by atoms with Gasteiger partial charge in [-0.15, -0.1) is 0 Å². The summed E-state index contributed by atoms with van der Waals surface area (Å²) in [5.74, 6) is 4.29. The van der Waals surface area contributed by atoms with Crippen molar-refractivity contribution in [3.8, 4) is 0 Å². The van der Waals surface area contributed by atoms with Crippen LogP contribution in [0.5, 0.6) is 0 Å². The zero-order valence-corrected chi connectivity index (χ0v) is 12.4. The number of hydrogen-bond donors (Lipinski definition) is 2. The maximum Gasteiger partial charge on any atom is 0.152 e. The van der Waals surface area contributed by atoms with Gasteiger partial charge in [-0.2, -0.15) is 0 Å². The molecule has 19 heavy (non-hydrogen) atoms. The molecule has 0 atom stereocenters. The number of hydrogen-bond acceptors (Lipinski definition) is 3. The van der Waals surface area contributed by atoms with Crippen LogP contribution in [-0.4, -0.2) is 4.98 Å². The lowest BCUT2D eigenvalue weighted by Crippen LogP contribution is -2.13. The van der Waals surface area contributed by atoms with Crippen molar-refractivity contribution in [2.75, 3.05) is 5.43 Å². The van der Waals surface area contributed by atoms with Gasteiger partial charge in [0.05, 0.1) is 10.2 Å². The Balaban J connectivity index is 3.04. The van der Waals surface area contributed by atoms with Crippen molar-refractivity contribution in [3.05, 3.63) is 33.4 Å². The second kappa shape index (κ2) is 5.02. The molecule has 1 heterocycles. The molecule has 0 unspecified atom stereocenters. The molecule has 0 saturated carbocycles. The molecule has 0 aliphatic rings. The van der Waals surface area contributed by atoms with Crippen molar-refractivity contribution in [3.63, 3.8) is 0 Å². The molecule has 1 aromatic heterocycles. The number of anilines is 1. The van der Waals surface area contributed by atoms with Crippen molar-refractivity contribution >= 4 is 32.5 Å². The summed E-state index contributed by atoms with van der Waals surface area (Å²) in [6, 6.07) is 0.814. The maximum atomic E-state index is 13.9. The van der Waals surface area contributed by atoms with Crippen LogP contribution in [0.25, 0.3) is 10.9 Å². The van der Waals surface area contributed by atoms with Gasteiger partial charge >= 0.3 is 0 Å². The summed E-state index contributed by atoms with van der Waals surface area (Å²) in [7, 11) is 0. The van der Waals surface area contributed by atoms with Gasteiger partial charge in [-0.05, 0) is 28.8 Å². The molecule has 0 radical (unpaired) electrons. The summed E-state index contributed by atoms with van der Waals surface area (Å²) in [6.45, 7) is 5.73. The Labute approximate surface area is 118 Å². The number of nitrogens with two attached hydrogens (primary N) is 1. The van der Waals surface area contributed by atoms with Crippen LogP contribution in [0.1, 0.15) is 31.0 Å². The fraction of sp³-hybridized carbons (Fsp3) is 0.308. The lowest BCUT2D eigenvalue weighted by molar-refractivity contribution is 0.586. The van der Waals surface area contributed by atoms with Crippen LogP contribution in [0.4, 0.5) is 14.5 Å². The van der Waals surface area contributed by atoms with Crippen LogP contribution in [0, 0.1) is 18.6 Å². The average Bonchev–Trinajstić information content (AvgIpc) is 2.34. The van der Waals surface area contributed by atoms with Crippen LogP contribution < -0.4 is 11.3 Å². The zero-order chi connectivity index (χ0) is 14.3. The van der Waals surface area contributed by atoms with E-state index in [4.69, 9.17) is 5.84 Å². The average molecular weight is 330 g/mol. The van der Waals surface area contributed by atoms with E-state index in [2.05, 4.69) is 26.3 Å². The molecule has 0 fully saturated rings. The lowest BCUT2D eigenvalue weighted by Gasteiger charge is -2.18. The molecule has 2 rings (SSSR count). The summed E-state index contributed by atoms with van der Waals surface area (Å²) in [5, 5.41) is 0.328. The number of hydrazine groups is 1. The topological polar surface area (TPSA) is 50.9 Å². The number of nitrogen functional groups attached to an aromatic ring is 1. The second-order valence-corrected chi connectivity index (χ2v) is 5.46. The van der Waals surface area contributed by atoms with Gasteiger partial charge < -0.3 is 5.43 Å². The normalized spacial score (nSPS) is 11.4. The highest BCUT2D eigenvalue weighted by Gasteiger charge is 2.21. The molecule has 2 aromatic rings. The van der Waals surface area contributed by atoms with Crippen molar-refractivity contribution in [2.45, 2.75) is 26.7 Å². The van der Waals surface area contributed by atoms with Crippen LogP contribution in [0.2, 0.25) is 0 Å². The van der Waals surface area contributed by atoms with Crippen LogP contribution >= 0.6 is 15.9 Å². The Morgan fingerprint density at radius 3 is 2.47 bits per heavy atom. The Bertz CT molecular complexity index is 656. The highest BCUT2D eigenvalue weighted by molar-refractivity contribution is 9.10. The number of halogens is 3. The molecule has 0 aliphatic heterocycles. The van der Waals surface area contributed by atoms with Gasteiger partial charge in [-0.25, -0.2) is 13.8 Å². The maximum absolute atomic E-state index is 13.9. The number of pyridine rings is 1. The van der Waals surface area contributed by atoms with Crippen molar-refractivity contribution in [2.24, 2.45) is 5.84 Å². The van der Waals surface area contributed by atoms with Crippen molar-refractivity contribution in [1.29, 1.82) is 0 Å². The van der Waals surface area contributed by atoms with E-state index in [-0.39, 0.29) is 15.9 Å². The van der Waals surface area contributed by atoms with Crippen LogP contribution in [0.15, 0.2) is 10.5 Å². The molecule has 1 aromatic carbocycles. The van der Waals surface area contributed by atoms with Crippen LogP contribution in [-0.2, 0) is 0 Å². The van der Waals surface area contributed by atoms with E-state index in [1.807, 2.05) is 13.8 Å². The third-order valence-corrected chi connectivity index (χ3v) is 3.83. The summed E-state index contributed by atoms with van der Waals surface area (Å²) < 4.78 is 27.7. The van der Waals surface area contributed by atoms with E-state index in [1.54, 1.807) is 6.92 Å². The van der Waals surface area contributed by atoms with E-state index in [0.29, 0.717) is 16.8 Å². The summed E-state index contributed by atoms with van der Waals surface area (Å²) in [4.78, 5) is 4.24. The Morgan fingerprint density at radius 1 is 1.32 bits per heavy atom. The highest BCUT2D eigenvalue weighted by Crippen LogP contribution is 2.38. The first-order chi connectivity index (χ1) is 8.88. The molecule has 0 aliphatic carbocycles. The third kappa shape index (κ3) is 2.19. The third-order valence-electron chi connectivity index (χ3n) is 3.06. The Morgan fingerprint density at radius 2 is 1.95 bits per heavy atom. The first-order valence-electron chi connectivity index (χ1n) is 5.82. The molecule has 102 valence electrons. The number of nitrogens with one attached hydrogen (secondary N) is 1. The van der Waals surface area contributed by atoms with Gasteiger partial charge in [0.2, 0.25) is 0 Å². The number of benzene rings is 1. The molecule has 0 saturated heterocycles. The number of nitrogens with zero attached hydrogens (tertiary/aromatic N) is 1. The largest absolute Gasteiger partial charge is 0.323 e. The minimum Gasteiger partial charge on any atom is -0.323 e. The highest BCUT2D eigenvalue weighted by atomic mass is 79.9. The van der Waals surface area contributed by atoms with Gasteiger partial charge in [0.1, 0.15) is 11.3 Å². The molecule has 0 bridgehead atoms. The lowest BCUT2D eigenvalue weighted by atomic mass is 9.97. The smallest absolute Gasteiger partial charge is 0.152 e. The first-order valence-corrected chi connectivity index (χ1v) is 6.62. The quantitative estimate of drug-likeness (QED) is 0.497. The number of aryl methyl sites for hydroxylation is 1. The fourth-order valence-electron chi connectivity index (χ4n) is 2.32. The monoisotopic (exact) mass is 329 g/mol. The molecule has 3 N–H and O–H groups in total. The number of rotatable bonds is 2. The van der Waals surface area contributed by atoms with Crippen molar-refractivity contribution < 1.29 is 8.78 Å². The summed E-state index contributed by atoms with van der Waals surface area (Å²) in [5.41, 5.74) is 4.68. The minimum atomic E-state index is -0.703. The van der Waals surface area contributed by atoms with Crippen LogP contribution in [0.3, 0.4) is 0 Å². The van der Waals surface area contributed by atoms with E-state index >= 15 is 0 Å². The zero-order valence-electron chi connectivity index (χ0n) is 10.8. The van der Waals surface area contributed by atoms with Gasteiger partial charge in [0, 0.05) is 22.7 Å². The van der Waals surface area contributed by atoms with Crippen molar-refractivity contribution in [1.82, 2.24) is 4.98 Å². The second-order valence-electron chi connectivity index (χ2n) is 4.66. The minimum absolute atomic E-state index is 0.100. The van der Waals surface area contributed by atoms with Gasteiger partial charge in [0.25, 0.3) is 0 Å². The summed E-state index contributed by atoms with van der Waals surface area (Å²) >= 11 is 3.14. The molecular formula is C13H14BrF2N3. The first kappa shape index (κ1) is 14.1. The Kier molecular flexibility index (Phi) is 3.73.